The van der Waals surface area contributed by atoms with E-state index < -0.39 is 23.0 Å². The monoisotopic (exact) mass is 422 g/mol. The summed E-state index contributed by atoms with van der Waals surface area (Å²) in [6, 6.07) is 11.0. The molecule has 0 unspecified atom stereocenters. The molecule has 0 saturated carbocycles. The van der Waals surface area contributed by atoms with Gasteiger partial charge in [0.2, 0.25) is 0 Å². The molecule has 3 aromatic rings. The van der Waals surface area contributed by atoms with Gasteiger partial charge in [0.1, 0.15) is 3.70 Å². The molecule has 3 rings (SSSR count). The van der Waals surface area contributed by atoms with Gasteiger partial charge >= 0.3 is 5.97 Å². The molecule has 0 bridgehead atoms. The molecule has 2 aromatic heterocycles. The number of carbonyl (C=O) groups is 1. The number of hydrogen-bond donors (Lipinski definition) is 2. The molecule has 0 aliphatic heterocycles. The van der Waals surface area contributed by atoms with E-state index in [-0.39, 0.29) is 5.39 Å². The molecule has 0 fully saturated rings. The molecule has 0 radical (unpaired) electrons. The van der Waals surface area contributed by atoms with Crippen LogP contribution in [-0.2, 0) is 6.54 Å². The third-order valence-electron chi connectivity index (χ3n) is 3.46. The smallest absolute Gasteiger partial charge is 0.358 e. The lowest BCUT2D eigenvalue weighted by Crippen LogP contribution is -2.21. The van der Waals surface area contributed by atoms with E-state index in [1.807, 2.05) is 52.9 Å². The highest BCUT2D eigenvalue weighted by molar-refractivity contribution is 14.1. The van der Waals surface area contributed by atoms with Crippen molar-refractivity contribution in [2.45, 2.75) is 6.54 Å². The second-order valence-electron chi connectivity index (χ2n) is 4.93. The third-order valence-corrected chi connectivity index (χ3v) is 4.28. The van der Waals surface area contributed by atoms with Gasteiger partial charge in [0.25, 0.3) is 5.56 Å². The molecule has 6 nitrogen and oxygen atoms in total. The van der Waals surface area contributed by atoms with Crippen LogP contribution in [-0.4, -0.2) is 25.7 Å². The van der Waals surface area contributed by atoms with E-state index in [1.54, 1.807) is 12.3 Å². The van der Waals surface area contributed by atoms with E-state index in [1.165, 1.54) is 4.57 Å². The lowest BCUT2D eigenvalue weighted by molar-refractivity contribution is 0.0687. The van der Waals surface area contributed by atoms with Crippen LogP contribution in [0.25, 0.3) is 10.8 Å². The predicted molar refractivity (Wildman–Crippen MR) is 92.9 cm³/mol. The molecule has 0 aliphatic carbocycles. The number of hydrogen-bond acceptors (Lipinski definition) is 4. The molecule has 0 aliphatic rings. The van der Waals surface area contributed by atoms with Crippen molar-refractivity contribution in [2.24, 2.45) is 0 Å². The number of nitrogens with zero attached hydrogens (tertiary/aromatic N) is 2. The Morgan fingerprint density at radius 3 is 2.57 bits per heavy atom. The average molecular weight is 422 g/mol. The highest BCUT2D eigenvalue weighted by Crippen LogP contribution is 2.27. The molecule has 7 heteroatoms. The zero-order chi connectivity index (χ0) is 16.6. The fraction of sp³-hybridized carbons (Fsp3) is 0.0625. The van der Waals surface area contributed by atoms with Crippen molar-refractivity contribution in [3.8, 4) is 5.75 Å². The summed E-state index contributed by atoms with van der Waals surface area (Å²) in [5.41, 5.74) is -0.0428. The molecule has 116 valence electrons. The molecule has 0 atom stereocenters. The molecule has 2 N–H and O–H groups in total. The maximum absolute atomic E-state index is 12.7. The first-order valence-corrected chi connectivity index (χ1v) is 7.75. The Labute approximate surface area is 144 Å². The largest absolute Gasteiger partial charge is 0.505 e. The van der Waals surface area contributed by atoms with E-state index >= 15 is 0 Å². The summed E-state index contributed by atoms with van der Waals surface area (Å²) in [6.45, 7) is 0.330. The van der Waals surface area contributed by atoms with Gasteiger partial charge in [-0.05, 0) is 34.2 Å². The first-order chi connectivity index (χ1) is 11.0. The van der Waals surface area contributed by atoms with Crippen molar-refractivity contribution < 1.29 is 15.0 Å². The Balaban J connectivity index is 2.24. The van der Waals surface area contributed by atoms with Crippen molar-refractivity contribution in [1.82, 2.24) is 9.55 Å². The second-order valence-corrected chi connectivity index (χ2v) is 5.95. The number of carboxylic acids is 1. The summed E-state index contributed by atoms with van der Waals surface area (Å²) in [4.78, 5) is 27.7. The van der Waals surface area contributed by atoms with Crippen LogP contribution in [0.15, 0.2) is 47.4 Å². The van der Waals surface area contributed by atoms with Crippen molar-refractivity contribution in [3.05, 3.63) is 67.9 Å². The number of aromatic nitrogens is 2. The molecule has 1 aromatic carbocycles. The number of fused-ring (bicyclic) bond motifs is 1. The maximum Gasteiger partial charge on any atom is 0.358 e. The number of benzene rings is 1. The first kappa shape index (κ1) is 15.5. The lowest BCUT2D eigenvalue weighted by atomic mass is 10.1. The van der Waals surface area contributed by atoms with Crippen molar-refractivity contribution in [2.75, 3.05) is 0 Å². The maximum atomic E-state index is 12.7. The SMILES string of the molecule is O=C(O)c1nc(I)c2ccn(Cc3ccccc3)c(=O)c2c1O. The van der Waals surface area contributed by atoms with E-state index in [0.29, 0.717) is 15.6 Å². The van der Waals surface area contributed by atoms with Crippen molar-refractivity contribution in [1.29, 1.82) is 0 Å². The number of rotatable bonds is 3. The number of pyridine rings is 2. The molecule has 23 heavy (non-hydrogen) atoms. The van der Waals surface area contributed by atoms with Gasteiger partial charge in [0, 0.05) is 11.6 Å². The minimum Gasteiger partial charge on any atom is -0.505 e. The highest BCUT2D eigenvalue weighted by Gasteiger charge is 2.20. The van der Waals surface area contributed by atoms with Crippen LogP contribution < -0.4 is 5.56 Å². The zero-order valence-corrected chi connectivity index (χ0v) is 13.9. The van der Waals surface area contributed by atoms with Gasteiger partial charge in [-0.25, -0.2) is 9.78 Å². The highest BCUT2D eigenvalue weighted by atomic mass is 127. The fourth-order valence-electron chi connectivity index (χ4n) is 2.36. The van der Waals surface area contributed by atoms with E-state index in [0.717, 1.165) is 5.56 Å². The molecule has 0 amide bonds. The third kappa shape index (κ3) is 2.79. The van der Waals surface area contributed by atoms with E-state index in [4.69, 9.17) is 5.11 Å². The number of aromatic hydroxyl groups is 1. The Bertz CT molecular complexity index is 967. The molecule has 0 saturated heterocycles. The summed E-state index contributed by atoms with van der Waals surface area (Å²) in [7, 11) is 0. The number of aromatic carboxylic acids is 1. The van der Waals surface area contributed by atoms with Crippen LogP contribution in [0.1, 0.15) is 16.1 Å². The van der Waals surface area contributed by atoms with Crippen LogP contribution >= 0.6 is 22.6 Å². The lowest BCUT2D eigenvalue weighted by Gasteiger charge is -2.10. The van der Waals surface area contributed by atoms with E-state index in [9.17, 15) is 14.7 Å². The van der Waals surface area contributed by atoms with Gasteiger partial charge in [0.15, 0.2) is 11.4 Å². The standard InChI is InChI=1S/C16H11IN2O4/c17-14-10-6-7-19(8-9-4-2-1-3-5-9)15(21)11(10)13(20)12(18-14)16(22)23/h1-7,20H,8H2,(H,22,23). The summed E-state index contributed by atoms with van der Waals surface area (Å²) in [5, 5.41) is 19.7. The summed E-state index contributed by atoms with van der Waals surface area (Å²) in [5.74, 6) is -1.97. The summed E-state index contributed by atoms with van der Waals surface area (Å²) >= 11 is 1.85. The molecule has 0 spiro atoms. The summed E-state index contributed by atoms with van der Waals surface area (Å²) < 4.78 is 1.79. The van der Waals surface area contributed by atoms with Gasteiger partial charge in [-0.1, -0.05) is 30.3 Å². The molecular formula is C16H11IN2O4. The first-order valence-electron chi connectivity index (χ1n) is 6.68. The Hall–Kier alpha value is -2.42. The minimum atomic E-state index is -1.37. The van der Waals surface area contributed by atoms with E-state index in [2.05, 4.69) is 4.98 Å². The van der Waals surface area contributed by atoms with Gasteiger partial charge in [-0.3, -0.25) is 4.79 Å². The van der Waals surface area contributed by atoms with Crippen LogP contribution in [0.5, 0.6) is 5.75 Å². The quantitative estimate of drug-likeness (QED) is 0.500. The normalized spacial score (nSPS) is 10.8. The topological polar surface area (TPSA) is 92.4 Å². The fourth-order valence-corrected chi connectivity index (χ4v) is 3.05. The minimum absolute atomic E-state index is 0.0276. The second kappa shape index (κ2) is 5.99. The van der Waals surface area contributed by atoms with Crippen LogP contribution in [0.2, 0.25) is 0 Å². The Morgan fingerprint density at radius 1 is 1.22 bits per heavy atom. The van der Waals surface area contributed by atoms with Crippen LogP contribution in [0.3, 0.4) is 0 Å². The average Bonchev–Trinajstić information content (AvgIpc) is 2.53. The van der Waals surface area contributed by atoms with Gasteiger partial charge < -0.3 is 14.8 Å². The predicted octanol–water partition coefficient (Wildman–Crippen LogP) is 2.45. The molecular weight excluding hydrogens is 411 g/mol. The Kier molecular flexibility index (Phi) is 4.03. The van der Waals surface area contributed by atoms with Crippen LogP contribution in [0.4, 0.5) is 0 Å². The van der Waals surface area contributed by atoms with Crippen LogP contribution in [0, 0.1) is 3.70 Å². The number of halogens is 1. The van der Waals surface area contributed by atoms with Gasteiger partial charge in [-0.2, -0.15) is 0 Å². The Morgan fingerprint density at radius 2 is 1.91 bits per heavy atom. The zero-order valence-electron chi connectivity index (χ0n) is 11.7. The van der Waals surface area contributed by atoms with Crippen molar-refractivity contribution in [3.63, 3.8) is 0 Å². The van der Waals surface area contributed by atoms with Crippen molar-refractivity contribution >= 4 is 39.3 Å². The van der Waals surface area contributed by atoms with Gasteiger partial charge in [-0.15, -0.1) is 0 Å². The molecule has 2 heterocycles. The van der Waals surface area contributed by atoms with Gasteiger partial charge in [0.05, 0.1) is 11.9 Å². The number of carboxylic acid groups (broad SMARTS) is 1. The summed E-state index contributed by atoms with van der Waals surface area (Å²) in [6.07, 6.45) is 1.61.